The summed E-state index contributed by atoms with van der Waals surface area (Å²) in [5.74, 6) is 0.320. The van der Waals surface area contributed by atoms with E-state index in [0.717, 1.165) is 12.3 Å². The first kappa shape index (κ1) is 11.5. The maximum atomic E-state index is 12.2. The largest absolute Gasteiger partial charge is 0.418 e. The molecule has 1 unspecified atom stereocenters. The van der Waals surface area contributed by atoms with Crippen LogP contribution < -0.4 is 0 Å². The minimum atomic E-state index is -4.70. The van der Waals surface area contributed by atoms with E-state index in [2.05, 4.69) is 15.1 Å². The van der Waals surface area contributed by atoms with Crippen molar-refractivity contribution in [1.29, 1.82) is 0 Å². The van der Waals surface area contributed by atoms with Crippen LogP contribution in [-0.2, 0) is 0 Å². The number of hydrogen-bond acceptors (Lipinski definition) is 4. The van der Waals surface area contributed by atoms with E-state index >= 15 is 0 Å². The minimum absolute atomic E-state index is 0.318. The first-order valence-electron chi connectivity index (χ1n) is 4.54. The van der Waals surface area contributed by atoms with E-state index in [4.69, 9.17) is 5.11 Å². The quantitative estimate of drug-likeness (QED) is 0.863. The number of aliphatic hydroxyl groups excluding tert-OH is 1. The molecule has 0 aliphatic carbocycles. The number of rotatable bonds is 2. The molecule has 0 radical (unpaired) electrons. The summed E-state index contributed by atoms with van der Waals surface area (Å²) in [6.45, 7) is 0. The number of pyridine rings is 1. The van der Waals surface area contributed by atoms with E-state index in [1.165, 1.54) is 23.4 Å². The van der Waals surface area contributed by atoms with Crippen molar-refractivity contribution >= 4 is 0 Å². The SMILES string of the molecule is OC(c1ccc(-n2cncn2)nc1)C(F)(F)F. The van der Waals surface area contributed by atoms with Gasteiger partial charge < -0.3 is 5.11 Å². The summed E-state index contributed by atoms with van der Waals surface area (Å²) < 4.78 is 37.9. The first-order chi connectivity index (χ1) is 7.98. The highest BCUT2D eigenvalue weighted by Gasteiger charge is 2.39. The number of alkyl halides is 3. The molecule has 8 heteroatoms. The monoisotopic (exact) mass is 244 g/mol. The van der Waals surface area contributed by atoms with Gasteiger partial charge in [0.1, 0.15) is 12.7 Å². The number of aromatic nitrogens is 4. The summed E-state index contributed by atoms with van der Waals surface area (Å²) in [4.78, 5) is 7.43. The molecule has 0 spiro atoms. The van der Waals surface area contributed by atoms with Crippen LogP contribution in [-0.4, -0.2) is 31.0 Å². The van der Waals surface area contributed by atoms with Gasteiger partial charge in [0.2, 0.25) is 0 Å². The van der Waals surface area contributed by atoms with Crippen molar-refractivity contribution in [3.63, 3.8) is 0 Å². The molecule has 17 heavy (non-hydrogen) atoms. The summed E-state index contributed by atoms with van der Waals surface area (Å²) >= 11 is 0. The Labute approximate surface area is 93.6 Å². The number of aliphatic hydroxyl groups is 1. The second kappa shape index (κ2) is 4.13. The van der Waals surface area contributed by atoms with Crippen molar-refractivity contribution in [3.05, 3.63) is 36.5 Å². The molecule has 0 saturated heterocycles. The molecule has 0 bridgehead atoms. The second-order valence-corrected chi connectivity index (χ2v) is 3.23. The van der Waals surface area contributed by atoms with Gasteiger partial charge in [0.05, 0.1) is 0 Å². The Morgan fingerprint density at radius 2 is 2.06 bits per heavy atom. The summed E-state index contributed by atoms with van der Waals surface area (Å²) in [6.07, 6.45) is -3.63. The van der Waals surface area contributed by atoms with Crippen molar-refractivity contribution in [3.8, 4) is 5.82 Å². The van der Waals surface area contributed by atoms with Crippen LogP contribution in [0, 0.1) is 0 Å². The Balaban J connectivity index is 2.25. The molecule has 0 saturated carbocycles. The van der Waals surface area contributed by atoms with Crippen molar-refractivity contribution in [2.45, 2.75) is 12.3 Å². The molecule has 1 N–H and O–H groups in total. The Hall–Kier alpha value is -1.96. The van der Waals surface area contributed by atoms with Gasteiger partial charge in [-0.2, -0.15) is 18.3 Å². The number of halogens is 3. The van der Waals surface area contributed by atoms with Crippen LogP contribution >= 0.6 is 0 Å². The maximum Gasteiger partial charge on any atom is 0.418 e. The summed E-state index contributed by atoms with van der Waals surface area (Å²) in [6, 6.07) is 2.46. The van der Waals surface area contributed by atoms with Gasteiger partial charge in [-0.05, 0) is 6.07 Å². The van der Waals surface area contributed by atoms with E-state index in [9.17, 15) is 13.2 Å². The van der Waals surface area contributed by atoms with Crippen LogP contribution in [0.4, 0.5) is 13.2 Å². The normalized spacial score (nSPS) is 13.6. The van der Waals surface area contributed by atoms with E-state index in [-0.39, 0.29) is 5.56 Å². The predicted molar refractivity (Wildman–Crippen MR) is 50.2 cm³/mol. The highest BCUT2D eigenvalue weighted by Crippen LogP contribution is 2.31. The summed E-state index contributed by atoms with van der Waals surface area (Å²) in [7, 11) is 0. The third kappa shape index (κ3) is 2.41. The molecule has 2 aromatic rings. The summed E-state index contributed by atoms with van der Waals surface area (Å²) in [5.41, 5.74) is -0.318. The van der Waals surface area contributed by atoms with E-state index in [0.29, 0.717) is 5.82 Å². The van der Waals surface area contributed by atoms with Gasteiger partial charge in [0, 0.05) is 11.8 Å². The first-order valence-corrected chi connectivity index (χ1v) is 4.54. The lowest BCUT2D eigenvalue weighted by Gasteiger charge is -2.14. The van der Waals surface area contributed by atoms with E-state index < -0.39 is 12.3 Å². The third-order valence-corrected chi connectivity index (χ3v) is 2.05. The standard InChI is InChI=1S/C9H7F3N4O/c10-9(11,12)8(17)6-1-2-7(14-3-6)16-5-13-4-15-16/h1-5,8,17H. The van der Waals surface area contributed by atoms with E-state index in [1.54, 1.807) is 0 Å². The molecule has 2 aromatic heterocycles. The van der Waals surface area contributed by atoms with Crippen LogP contribution in [0.15, 0.2) is 31.0 Å². The molecule has 0 aliphatic rings. The van der Waals surface area contributed by atoms with Gasteiger partial charge >= 0.3 is 6.18 Å². The molecular weight excluding hydrogens is 237 g/mol. The molecule has 5 nitrogen and oxygen atoms in total. The highest BCUT2D eigenvalue weighted by molar-refractivity contribution is 5.25. The Morgan fingerprint density at radius 3 is 2.53 bits per heavy atom. The van der Waals surface area contributed by atoms with Gasteiger partial charge in [0.15, 0.2) is 11.9 Å². The molecule has 0 aliphatic heterocycles. The van der Waals surface area contributed by atoms with Gasteiger partial charge in [-0.25, -0.2) is 14.6 Å². The smallest absolute Gasteiger partial charge is 0.379 e. The Morgan fingerprint density at radius 1 is 1.29 bits per heavy atom. The molecule has 2 rings (SSSR count). The molecule has 90 valence electrons. The van der Waals surface area contributed by atoms with Gasteiger partial charge in [0.25, 0.3) is 0 Å². The fourth-order valence-electron chi connectivity index (χ4n) is 1.21. The highest BCUT2D eigenvalue weighted by atomic mass is 19.4. The fourth-order valence-corrected chi connectivity index (χ4v) is 1.21. The molecule has 0 amide bonds. The van der Waals surface area contributed by atoms with Crippen LogP contribution in [0.2, 0.25) is 0 Å². The number of nitrogens with zero attached hydrogens (tertiary/aromatic N) is 4. The van der Waals surface area contributed by atoms with Crippen LogP contribution in [0.3, 0.4) is 0 Å². The topological polar surface area (TPSA) is 63.8 Å². The zero-order valence-corrected chi connectivity index (χ0v) is 8.33. The lowest BCUT2D eigenvalue weighted by atomic mass is 10.1. The van der Waals surface area contributed by atoms with Crippen LogP contribution in [0.25, 0.3) is 5.82 Å². The fraction of sp³-hybridized carbons (Fsp3) is 0.222. The predicted octanol–water partition coefficient (Wildman–Crippen LogP) is 1.26. The lowest BCUT2D eigenvalue weighted by molar-refractivity contribution is -0.206. The van der Waals surface area contributed by atoms with Gasteiger partial charge in [-0.3, -0.25) is 0 Å². The van der Waals surface area contributed by atoms with Crippen molar-refractivity contribution in [1.82, 2.24) is 19.7 Å². The van der Waals surface area contributed by atoms with Crippen LogP contribution in [0.5, 0.6) is 0 Å². The molecule has 2 heterocycles. The molecular formula is C9H7F3N4O. The minimum Gasteiger partial charge on any atom is -0.379 e. The molecule has 0 aromatic carbocycles. The zero-order chi connectivity index (χ0) is 12.5. The molecule has 1 atom stereocenters. The van der Waals surface area contributed by atoms with Crippen LogP contribution in [0.1, 0.15) is 11.7 Å². The Bertz CT molecular complexity index is 480. The third-order valence-electron chi connectivity index (χ3n) is 2.05. The van der Waals surface area contributed by atoms with Crippen molar-refractivity contribution in [2.75, 3.05) is 0 Å². The van der Waals surface area contributed by atoms with E-state index in [1.807, 2.05) is 0 Å². The lowest BCUT2D eigenvalue weighted by Crippen LogP contribution is -2.20. The second-order valence-electron chi connectivity index (χ2n) is 3.23. The van der Waals surface area contributed by atoms with Gasteiger partial charge in [-0.15, -0.1) is 0 Å². The van der Waals surface area contributed by atoms with Crippen molar-refractivity contribution in [2.24, 2.45) is 0 Å². The zero-order valence-electron chi connectivity index (χ0n) is 8.33. The summed E-state index contributed by atoms with van der Waals surface area (Å²) in [5, 5.41) is 12.7. The van der Waals surface area contributed by atoms with Gasteiger partial charge in [-0.1, -0.05) is 6.07 Å². The Kier molecular flexibility index (Phi) is 2.80. The average Bonchev–Trinajstić information content (AvgIpc) is 2.80. The van der Waals surface area contributed by atoms with Crippen molar-refractivity contribution < 1.29 is 18.3 Å². The maximum absolute atomic E-state index is 12.2. The number of hydrogen-bond donors (Lipinski definition) is 1. The molecule has 0 fully saturated rings. The average molecular weight is 244 g/mol.